The van der Waals surface area contributed by atoms with Crippen molar-refractivity contribution in [1.29, 1.82) is 0 Å². The fraction of sp³-hybridized carbons (Fsp3) is 0.600. The normalized spacial score (nSPS) is 18.1. The van der Waals surface area contributed by atoms with E-state index in [-0.39, 0.29) is 11.5 Å². The number of nitrogens with one attached hydrogen (secondary N) is 1. The van der Waals surface area contributed by atoms with Gasteiger partial charge in [-0.3, -0.25) is 0 Å². The van der Waals surface area contributed by atoms with Gasteiger partial charge in [0.05, 0.1) is 0 Å². The number of phenols is 2. The van der Waals surface area contributed by atoms with Crippen LogP contribution >= 0.6 is 0 Å². The third-order valence-electron chi connectivity index (χ3n) is 4.28. The lowest BCUT2D eigenvalue weighted by Gasteiger charge is -2.27. The predicted molar refractivity (Wildman–Crippen MR) is 72.7 cm³/mol. The molecule has 0 bridgehead atoms. The summed E-state index contributed by atoms with van der Waals surface area (Å²) in [4.78, 5) is 0. The number of hydrogen-bond donors (Lipinski definition) is 3. The first-order valence-electron chi connectivity index (χ1n) is 6.87. The van der Waals surface area contributed by atoms with E-state index in [1.807, 2.05) is 6.07 Å². The number of rotatable bonds is 5. The second-order valence-electron chi connectivity index (χ2n) is 5.49. The van der Waals surface area contributed by atoms with Crippen molar-refractivity contribution in [1.82, 2.24) is 5.32 Å². The molecule has 100 valence electrons. The topological polar surface area (TPSA) is 52.5 Å². The second kappa shape index (κ2) is 5.61. The highest BCUT2D eigenvalue weighted by Crippen LogP contribution is 2.40. The molecule has 0 unspecified atom stereocenters. The van der Waals surface area contributed by atoms with Crippen LogP contribution in [0, 0.1) is 5.41 Å². The minimum absolute atomic E-state index is 0.0413. The maximum Gasteiger partial charge on any atom is 0.157 e. The molecule has 18 heavy (non-hydrogen) atoms. The fourth-order valence-electron chi connectivity index (χ4n) is 2.93. The quantitative estimate of drug-likeness (QED) is 0.703. The Hall–Kier alpha value is -1.22. The number of benzene rings is 1. The van der Waals surface area contributed by atoms with Crippen LogP contribution in [-0.4, -0.2) is 16.8 Å². The fourth-order valence-corrected chi connectivity index (χ4v) is 2.93. The molecule has 1 saturated carbocycles. The van der Waals surface area contributed by atoms with Gasteiger partial charge in [-0.15, -0.1) is 0 Å². The van der Waals surface area contributed by atoms with Gasteiger partial charge in [-0.05, 0) is 42.4 Å². The van der Waals surface area contributed by atoms with Gasteiger partial charge < -0.3 is 15.5 Å². The summed E-state index contributed by atoms with van der Waals surface area (Å²) >= 11 is 0. The van der Waals surface area contributed by atoms with Crippen LogP contribution in [0.15, 0.2) is 18.2 Å². The summed E-state index contributed by atoms with van der Waals surface area (Å²) in [7, 11) is 0. The van der Waals surface area contributed by atoms with Crippen molar-refractivity contribution < 1.29 is 10.2 Å². The molecule has 0 amide bonds. The molecule has 1 fully saturated rings. The van der Waals surface area contributed by atoms with E-state index in [1.54, 1.807) is 6.07 Å². The van der Waals surface area contributed by atoms with Gasteiger partial charge in [0.1, 0.15) is 0 Å². The van der Waals surface area contributed by atoms with Crippen LogP contribution in [-0.2, 0) is 6.54 Å². The average molecular weight is 249 g/mol. The molecule has 0 aliphatic heterocycles. The van der Waals surface area contributed by atoms with Crippen molar-refractivity contribution >= 4 is 0 Å². The van der Waals surface area contributed by atoms with E-state index in [9.17, 15) is 10.2 Å². The molecule has 0 heterocycles. The third kappa shape index (κ3) is 2.96. The van der Waals surface area contributed by atoms with E-state index >= 15 is 0 Å². The average Bonchev–Trinajstić information content (AvgIpc) is 2.83. The zero-order valence-corrected chi connectivity index (χ0v) is 11.1. The summed E-state index contributed by atoms with van der Waals surface area (Å²) in [6, 6.07) is 5.00. The Bertz CT molecular complexity index is 397. The lowest BCUT2D eigenvalue weighted by molar-refractivity contribution is 0.268. The Morgan fingerprint density at radius 3 is 2.50 bits per heavy atom. The van der Waals surface area contributed by atoms with Gasteiger partial charge in [-0.1, -0.05) is 25.8 Å². The van der Waals surface area contributed by atoms with Crippen LogP contribution in [0.1, 0.15) is 44.6 Å². The van der Waals surface area contributed by atoms with Gasteiger partial charge >= 0.3 is 0 Å². The molecule has 1 aromatic carbocycles. The Morgan fingerprint density at radius 1 is 1.17 bits per heavy atom. The summed E-state index contributed by atoms with van der Waals surface area (Å²) in [5, 5.41) is 22.2. The zero-order valence-electron chi connectivity index (χ0n) is 11.1. The van der Waals surface area contributed by atoms with Gasteiger partial charge in [-0.25, -0.2) is 0 Å². The minimum atomic E-state index is -0.0560. The van der Waals surface area contributed by atoms with Gasteiger partial charge in [0, 0.05) is 13.1 Å². The highest BCUT2D eigenvalue weighted by Gasteiger charge is 2.31. The van der Waals surface area contributed by atoms with Crippen molar-refractivity contribution in [2.75, 3.05) is 6.54 Å². The molecule has 0 saturated heterocycles. The van der Waals surface area contributed by atoms with E-state index in [1.165, 1.54) is 38.2 Å². The van der Waals surface area contributed by atoms with Crippen LogP contribution in [0.4, 0.5) is 0 Å². The molecule has 2 rings (SSSR count). The zero-order chi connectivity index (χ0) is 13.0. The lowest BCUT2D eigenvalue weighted by atomic mass is 9.83. The Balaban J connectivity index is 1.86. The molecule has 3 N–H and O–H groups in total. The van der Waals surface area contributed by atoms with Crippen molar-refractivity contribution in [2.45, 2.75) is 45.6 Å². The summed E-state index contributed by atoms with van der Waals surface area (Å²) in [5.41, 5.74) is 1.49. The van der Waals surface area contributed by atoms with Crippen molar-refractivity contribution in [2.24, 2.45) is 5.41 Å². The minimum Gasteiger partial charge on any atom is -0.504 e. The molecule has 0 aromatic heterocycles. The molecule has 3 heteroatoms. The molecule has 0 radical (unpaired) electrons. The van der Waals surface area contributed by atoms with Gasteiger partial charge in [0.15, 0.2) is 11.5 Å². The first kappa shape index (κ1) is 13.2. The molecule has 1 aliphatic carbocycles. The Morgan fingerprint density at radius 2 is 1.89 bits per heavy atom. The molecular weight excluding hydrogens is 226 g/mol. The van der Waals surface area contributed by atoms with Crippen LogP contribution < -0.4 is 5.32 Å². The highest BCUT2D eigenvalue weighted by molar-refractivity contribution is 5.40. The van der Waals surface area contributed by atoms with E-state index in [2.05, 4.69) is 12.2 Å². The van der Waals surface area contributed by atoms with Crippen LogP contribution in [0.3, 0.4) is 0 Å². The van der Waals surface area contributed by atoms with E-state index in [4.69, 9.17) is 0 Å². The van der Waals surface area contributed by atoms with Crippen LogP contribution in [0.25, 0.3) is 0 Å². The monoisotopic (exact) mass is 249 g/mol. The largest absolute Gasteiger partial charge is 0.504 e. The van der Waals surface area contributed by atoms with Crippen molar-refractivity contribution in [3.05, 3.63) is 23.8 Å². The van der Waals surface area contributed by atoms with Gasteiger partial charge in [0.25, 0.3) is 0 Å². The summed E-state index contributed by atoms with van der Waals surface area (Å²) in [6.45, 7) is 4.07. The maximum atomic E-state index is 9.43. The molecule has 1 aromatic rings. The molecule has 3 nitrogen and oxygen atoms in total. The van der Waals surface area contributed by atoms with Crippen molar-refractivity contribution in [3.8, 4) is 11.5 Å². The third-order valence-corrected chi connectivity index (χ3v) is 4.28. The maximum absolute atomic E-state index is 9.43. The van der Waals surface area contributed by atoms with E-state index < -0.39 is 0 Å². The molecule has 0 spiro atoms. The smallest absolute Gasteiger partial charge is 0.157 e. The lowest BCUT2D eigenvalue weighted by Crippen LogP contribution is -2.31. The first-order chi connectivity index (χ1) is 8.65. The first-order valence-corrected chi connectivity index (χ1v) is 6.87. The van der Waals surface area contributed by atoms with E-state index in [0.29, 0.717) is 5.41 Å². The summed E-state index contributed by atoms with van der Waals surface area (Å²) in [6.07, 6.45) is 6.61. The summed E-state index contributed by atoms with van der Waals surface area (Å²) < 4.78 is 0. The standard InChI is InChI=1S/C15H23NO2/c1-2-15(7-3-4-8-15)11-16-10-12-5-6-13(17)14(18)9-12/h5-6,9,16-18H,2-4,7-8,10-11H2,1H3. The SMILES string of the molecule is CCC1(CNCc2ccc(O)c(O)c2)CCCC1. The number of phenolic OH excluding ortho intramolecular Hbond substituents is 2. The number of hydrogen-bond acceptors (Lipinski definition) is 3. The highest BCUT2D eigenvalue weighted by atomic mass is 16.3. The van der Waals surface area contributed by atoms with E-state index in [0.717, 1.165) is 18.7 Å². The molecule has 1 aliphatic rings. The summed E-state index contributed by atoms with van der Waals surface area (Å²) in [5.74, 6) is -0.0973. The van der Waals surface area contributed by atoms with Crippen molar-refractivity contribution in [3.63, 3.8) is 0 Å². The second-order valence-corrected chi connectivity index (χ2v) is 5.49. The van der Waals surface area contributed by atoms with Gasteiger partial charge in [-0.2, -0.15) is 0 Å². The Kier molecular flexibility index (Phi) is 4.12. The van der Waals surface area contributed by atoms with Crippen LogP contribution in [0.2, 0.25) is 0 Å². The number of aromatic hydroxyl groups is 2. The predicted octanol–water partition coefficient (Wildman–Crippen LogP) is 3.16. The Labute approximate surface area is 109 Å². The van der Waals surface area contributed by atoms with Crippen LogP contribution in [0.5, 0.6) is 11.5 Å². The molecule has 0 atom stereocenters. The molecular formula is C15H23NO2. The van der Waals surface area contributed by atoms with Gasteiger partial charge in [0.2, 0.25) is 0 Å².